The lowest BCUT2D eigenvalue weighted by Crippen LogP contribution is -2.32. The molecule has 8 nitrogen and oxygen atoms in total. The Kier molecular flexibility index (Phi) is 7.14. The predicted molar refractivity (Wildman–Crippen MR) is 147 cm³/mol. The number of hydrogen-bond donors (Lipinski definition) is 0. The topological polar surface area (TPSA) is 89.0 Å². The van der Waals surface area contributed by atoms with Crippen LogP contribution < -0.4 is 5.69 Å². The van der Waals surface area contributed by atoms with Crippen molar-refractivity contribution in [3.05, 3.63) is 52.2 Å². The number of sulfone groups is 1. The summed E-state index contributed by atoms with van der Waals surface area (Å²) in [6.07, 6.45) is 3.57. The van der Waals surface area contributed by atoms with Gasteiger partial charge < -0.3 is 5.01 Å². The van der Waals surface area contributed by atoms with E-state index in [0.717, 1.165) is 29.5 Å². The molecule has 1 unspecified atom stereocenters. The Balaban J connectivity index is 1.96. The number of hydrazone groups is 1. The van der Waals surface area contributed by atoms with E-state index < -0.39 is 9.84 Å². The lowest BCUT2D eigenvalue weighted by atomic mass is 10.1. The van der Waals surface area contributed by atoms with E-state index in [1.807, 2.05) is 24.5 Å². The smallest absolute Gasteiger partial charge is 0.302 e. The zero-order chi connectivity index (χ0) is 25.7. The molecule has 0 aliphatic heterocycles. The lowest BCUT2D eigenvalue weighted by molar-refractivity contribution is 0.440. The monoisotopic (exact) mass is 553 g/mol. The van der Waals surface area contributed by atoms with E-state index in [1.165, 1.54) is 4.40 Å². The number of halogens is 1. The number of benzene rings is 1. The van der Waals surface area contributed by atoms with E-state index in [9.17, 15) is 13.2 Å². The minimum Gasteiger partial charge on any atom is -0.302 e. The molecule has 0 bridgehead atoms. The molecule has 1 fully saturated rings. The number of nitrogens with zero attached hydrogens (tertiary/aromatic N) is 5. The molecule has 3 aromatic rings. The normalized spacial score (nSPS) is 15.1. The minimum atomic E-state index is -3.62. The van der Waals surface area contributed by atoms with Gasteiger partial charge in [0.1, 0.15) is 10.7 Å². The van der Waals surface area contributed by atoms with E-state index in [2.05, 4.69) is 14.3 Å². The van der Waals surface area contributed by atoms with Crippen LogP contribution in [0.4, 0.5) is 0 Å². The van der Waals surface area contributed by atoms with Gasteiger partial charge in [-0.05, 0) is 29.6 Å². The van der Waals surface area contributed by atoms with Crippen LogP contribution in [-0.4, -0.2) is 52.3 Å². The average molecular weight is 554 g/mol. The molecule has 1 aliphatic carbocycles. The summed E-state index contributed by atoms with van der Waals surface area (Å²) in [5.41, 5.74) is 2.66. The zero-order valence-electron chi connectivity index (χ0n) is 20.3. The summed E-state index contributed by atoms with van der Waals surface area (Å²) in [5.74, 6) is -0.0785. The molecule has 0 radical (unpaired) electrons. The van der Waals surface area contributed by atoms with Gasteiger partial charge in [-0.15, -0.1) is 9.24 Å². The van der Waals surface area contributed by atoms with Crippen LogP contribution in [-0.2, 0) is 15.0 Å². The Morgan fingerprint density at radius 1 is 1.31 bits per heavy atom. The molecule has 1 aromatic carbocycles. The first-order valence-corrected chi connectivity index (χ1v) is 15.1. The average Bonchev–Trinajstić information content (AvgIpc) is 3.53. The molecule has 35 heavy (non-hydrogen) atoms. The van der Waals surface area contributed by atoms with Crippen molar-refractivity contribution in [2.24, 2.45) is 5.10 Å². The Morgan fingerprint density at radius 3 is 2.54 bits per heavy atom. The largest absolute Gasteiger partial charge is 0.334 e. The van der Waals surface area contributed by atoms with Gasteiger partial charge in [0.15, 0.2) is 9.84 Å². The first-order valence-electron chi connectivity index (χ1n) is 11.2. The standard InChI is InChI=1S/C23H29ClN5O3PS2/c1-6-35(31,32)18-11-14(21(34-24)26-27(4)5)7-10-16(18)17-13-28-20(25-17)12-19(23(2,3)33)29(22(28)30)15-8-9-15/h7,10-13,15H,6,8-9,33H2,1-5H3/b26-21-. The van der Waals surface area contributed by atoms with Gasteiger partial charge in [0, 0.05) is 65.4 Å². The molecule has 0 saturated heterocycles. The van der Waals surface area contributed by atoms with E-state index >= 15 is 0 Å². The molecule has 2 heterocycles. The highest BCUT2D eigenvalue weighted by Crippen LogP contribution is 2.40. The van der Waals surface area contributed by atoms with Gasteiger partial charge in [0.05, 0.1) is 16.3 Å². The third kappa shape index (κ3) is 5.17. The maximum Gasteiger partial charge on any atom is 0.334 e. The van der Waals surface area contributed by atoms with Crippen LogP contribution >= 0.6 is 30.9 Å². The molecule has 0 N–H and O–H groups in total. The predicted octanol–water partition coefficient (Wildman–Crippen LogP) is 4.51. The molecule has 12 heteroatoms. The van der Waals surface area contributed by atoms with E-state index in [-0.39, 0.29) is 27.5 Å². The third-order valence-corrected chi connectivity index (χ3v) is 8.79. The fraction of sp³-hybridized carbons (Fsp3) is 0.435. The molecule has 4 rings (SSSR count). The molecule has 2 aromatic heterocycles. The fourth-order valence-corrected chi connectivity index (χ4v) is 6.07. The molecular formula is C23H29ClN5O3PS2. The van der Waals surface area contributed by atoms with Gasteiger partial charge in [0.2, 0.25) is 0 Å². The number of aromatic nitrogens is 3. The summed E-state index contributed by atoms with van der Waals surface area (Å²) in [6.45, 7) is 5.68. The number of fused-ring (bicyclic) bond motifs is 1. The molecular weight excluding hydrogens is 525 g/mol. The maximum absolute atomic E-state index is 13.5. The van der Waals surface area contributed by atoms with Crippen LogP contribution in [0, 0.1) is 0 Å². The highest BCUT2D eigenvalue weighted by atomic mass is 35.7. The van der Waals surface area contributed by atoms with Crippen molar-refractivity contribution in [1.82, 2.24) is 19.0 Å². The van der Waals surface area contributed by atoms with Crippen molar-refractivity contribution in [1.29, 1.82) is 0 Å². The van der Waals surface area contributed by atoms with Gasteiger partial charge >= 0.3 is 5.69 Å². The summed E-state index contributed by atoms with van der Waals surface area (Å²) < 4.78 is 29.6. The molecule has 188 valence electrons. The summed E-state index contributed by atoms with van der Waals surface area (Å²) in [4.78, 5) is 18.3. The van der Waals surface area contributed by atoms with Crippen molar-refractivity contribution in [2.75, 3.05) is 19.8 Å². The highest BCUT2D eigenvalue weighted by molar-refractivity contribution is 8.33. The number of imidazole rings is 1. The Morgan fingerprint density at radius 2 is 2.00 bits per heavy atom. The fourth-order valence-electron chi connectivity index (χ4n) is 3.95. The Hall–Kier alpha value is -1.87. The van der Waals surface area contributed by atoms with Crippen molar-refractivity contribution in [3.8, 4) is 11.3 Å². The van der Waals surface area contributed by atoms with Crippen LogP contribution in [0.15, 0.2) is 45.3 Å². The third-order valence-electron chi connectivity index (χ3n) is 5.83. The summed E-state index contributed by atoms with van der Waals surface area (Å²) in [7, 11) is 9.65. The zero-order valence-corrected chi connectivity index (χ0v) is 23.9. The van der Waals surface area contributed by atoms with E-state index in [1.54, 1.807) is 50.4 Å². The number of rotatable bonds is 7. The molecule has 1 atom stereocenters. The molecule has 0 spiro atoms. The first-order chi connectivity index (χ1) is 16.4. The second kappa shape index (κ2) is 9.54. The second-order valence-electron chi connectivity index (χ2n) is 9.43. The first kappa shape index (κ1) is 26.2. The van der Waals surface area contributed by atoms with Crippen molar-refractivity contribution in [2.45, 2.75) is 49.7 Å². The lowest BCUT2D eigenvalue weighted by Gasteiger charge is -2.24. The van der Waals surface area contributed by atoms with Gasteiger partial charge in [-0.25, -0.2) is 18.2 Å². The SMILES string of the molecule is CCS(=O)(=O)c1cc(/C(=N/N(C)C)SCl)ccc1-c1cn2c(=O)n(C3CC3)c(C(C)(C)P)cc2n1. The van der Waals surface area contributed by atoms with Crippen LogP contribution in [0.1, 0.15) is 50.9 Å². The van der Waals surface area contributed by atoms with Crippen LogP contribution in [0.3, 0.4) is 0 Å². The quantitative estimate of drug-likeness (QED) is 0.185. The van der Waals surface area contributed by atoms with Gasteiger partial charge in [-0.2, -0.15) is 5.10 Å². The van der Waals surface area contributed by atoms with Crippen LogP contribution in [0.5, 0.6) is 0 Å². The van der Waals surface area contributed by atoms with Crippen molar-refractivity contribution < 1.29 is 8.42 Å². The van der Waals surface area contributed by atoms with Crippen LogP contribution in [0.2, 0.25) is 0 Å². The minimum absolute atomic E-state index is 0.0785. The Labute approximate surface area is 216 Å². The second-order valence-corrected chi connectivity index (χ2v) is 14.1. The molecule has 1 aliphatic rings. The van der Waals surface area contributed by atoms with Gasteiger partial charge in [-0.1, -0.05) is 32.9 Å². The maximum atomic E-state index is 13.5. The van der Waals surface area contributed by atoms with Crippen molar-refractivity contribution in [3.63, 3.8) is 0 Å². The summed E-state index contributed by atoms with van der Waals surface area (Å²) in [6, 6.07) is 7.16. The number of hydrogen-bond acceptors (Lipinski definition) is 7. The van der Waals surface area contributed by atoms with E-state index in [4.69, 9.17) is 15.7 Å². The van der Waals surface area contributed by atoms with Crippen molar-refractivity contribution >= 4 is 51.4 Å². The highest BCUT2D eigenvalue weighted by Gasteiger charge is 2.32. The summed E-state index contributed by atoms with van der Waals surface area (Å²) in [5, 5.41) is 6.10. The van der Waals surface area contributed by atoms with Crippen LogP contribution in [0.25, 0.3) is 16.9 Å². The van der Waals surface area contributed by atoms with Gasteiger partial charge in [-0.3, -0.25) is 8.97 Å². The molecule has 0 amide bonds. The van der Waals surface area contributed by atoms with E-state index in [0.29, 0.717) is 27.5 Å². The van der Waals surface area contributed by atoms with Gasteiger partial charge in [0.25, 0.3) is 0 Å². The Bertz CT molecular complexity index is 1490. The summed E-state index contributed by atoms with van der Waals surface area (Å²) >= 11 is 0. The molecule has 1 saturated carbocycles.